The molecule has 1 aromatic carbocycles. The van der Waals surface area contributed by atoms with Crippen molar-refractivity contribution in [2.75, 3.05) is 0 Å². The zero-order valence-corrected chi connectivity index (χ0v) is 12.9. The molecular weight excluding hydrogens is 282 g/mol. The largest absolute Gasteiger partial charge is 0.488 e. The predicted molar refractivity (Wildman–Crippen MR) is 80.1 cm³/mol. The van der Waals surface area contributed by atoms with Crippen LogP contribution in [0.2, 0.25) is 0 Å². The first-order valence-corrected chi connectivity index (χ1v) is 7.28. The van der Waals surface area contributed by atoms with Crippen LogP contribution in [0.15, 0.2) is 29.0 Å². The van der Waals surface area contributed by atoms with Crippen molar-refractivity contribution in [1.82, 2.24) is 5.16 Å². The fourth-order valence-corrected chi connectivity index (χ4v) is 2.76. The number of carboxylic acids is 1. The van der Waals surface area contributed by atoms with Gasteiger partial charge in [0.1, 0.15) is 18.6 Å². The molecule has 2 aromatic rings. The van der Waals surface area contributed by atoms with Crippen molar-refractivity contribution in [3.63, 3.8) is 0 Å². The van der Waals surface area contributed by atoms with Crippen LogP contribution in [0.25, 0.3) is 0 Å². The highest BCUT2D eigenvalue weighted by molar-refractivity contribution is 5.69. The highest BCUT2D eigenvalue weighted by atomic mass is 16.5. The van der Waals surface area contributed by atoms with Gasteiger partial charge in [0.25, 0.3) is 0 Å². The standard InChI is InChI=1S/C17H19NO4/c1-17(2,3)11-4-5-12-13(7-15(19)20)16-10(9-22-18-16)8-21-14(12)6-11/h4-6,9,13H,7-8H2,1-3H3,(H,19,20). The average molecular weight is 301 g/mol. The number of ether oxygens (including phenoxy) is 1. The molecule has 1 atom stereocenters. The van der Waals surface area contributed by atoms with Gasteiger partial charge in [-0.1, -0.05) is 38.1 Å². The van der Waals surface area contributed by atoms with Gasteiger partial charge in [0.05, 0.1) is 17.7 Å². The number of fused-ring (bicyclic) bond motifs is 2. The lowest BCUT2D eigenvalue weighted by Crippen LogP contribution is -2.13. The van der Waals surface area contributed by atoms with E-state index in [2.05, 4.69) is 25.9 Å². The van der Waals surface area contributed by atoms with Crippen molar-refractivity contribution in [1.29, 1.82) is 0 Å². The van der Waals surface area contributed by atoms with Crippen molar-refractivity contribution >= 4 is 5.97 Å². The molecule has 1 N–H and O–H groups in total. The van der Waals surface area contributed by atoms with Gasteiger partial charge in [0.2, 0.25) is 0 Å². The smallest absolute Gasteiger partial charge is 0.304 e. The Labute approximate surface area is 128 Å². The summed E-state index contributed by atoms with van der Waals surface area (Å²) in [5, 5.41) is 13.2. The van der Waals surface area contributed by atoms with Crippen LogP contribution in [0, 0.1) is 0 Å². The first-order valence-electron chi connectivity index (χ1n) is 7.28. The molecule has 0 radical (unpaired) electrons. The second-order valence-corrected chi connectivity index (χ2v) is 6.67. The molecule has 0 bridgehead atoms. The van der Waals surface area contributed by atoms with E-state index >= 15 is 0 Å². The number of benzene rings is 1. The summed E-state index contributed by atoms with van der Waals surface area (Å²) in [6, 6.07) is 5.99. The van der Waals surface area contributed by atoms with E-state index < -0.39 is 5.97 Å². The lowest BCUT2D eigenvalue weighted by atomic mass is 9.84. The van der Waals surface area contributed by atoms with E-state index in [1.54, 1.807) is 0 Å². The third kappa shape index (κ3) is 2.58. The molecule has 0 saturated heterocycles. The zero-order chi connectivity index (χ0) is 15.9. The summed E-state index contributed by atoms with van der Waals surface area (Å²) in [6.07, 6.45) is 1.49. The number of rotatable bonds is 2. The molecule has 116 valence electrons. The van der Waals surface area contributed by atoms with Gasteiger partial charge in [0, 0.05) is 11.5 Å². The molecule has 3 rings (SSSR count). The molecule has 0 fully saturated rings. The van der Waals surface area contributed by atoms with Crippen LogP contribution < -0.4 is 4.74 Å². The molecule has 5 heteroatoms. The van der Waals surface area contributed by atoms with Crippen LogP contribution >= 0.6 is 0 Å². The van der Waals surface area contributed by atoms with Crippen LogP contribution in [0.5, 0.6) is 5.75 Å². The zero-order valence-electron chi connectivity index (χ0n) is 12.9. The molecule has 22 heavy (non-hydrogen) atoms. The van der Waals surface area contributed by atoms with Crippen molar-refractivity contribution in [2.45, 2.75) is 45.1 Å². The van der Waals surface area contributed by atoms with E-state index in [9.17, 15) is 9.90 Å². The van der Waals surface area contributed by atoms with Crippen LogP contribution in [0.3, 0.4) is 0 Å². The summed E-state index contributed by atoms with van der Waals surface area (Å²) in [6.45, 7) is 6.75. The van der Waals surface area contributed by atoms with Crippen LogP contribution in [-0.4, -0.2) is 16.2 Å². The van der Waals surface area contributed by atoms with E-state index in [0.717, 1.165) is 22.4 Å². The number of aliphatic carboxylic acids is 1. The first-order chi connectivity index (χ1) is 10.4. The summed E-state index contributed by atoms with van der Waals surface area (Å²) >= 11 is 0. The molecule has 1 aliphatic heterocycles. The summed E-state index contributed by atoms with van der Waals surface area (Å²) in [5.41, 5.74) is 3.47. The SMILES string of the molecule is CC(C)(C)c1ccc2c(c1)OCc1conc1C2CC(=O)O. The molecule has 1 aromatic heterocycles. The van der Waals surface area contributed by atoms with E-state index in [0.29, 0.717) is 12.3 Å². The van der Waals surface area contributed by atoms with Gasteiger partial charge in [-0.05, 0) is 17.0 Å². The number of nitrogens with zero attached hydrogens (tertiary/aromatic N) is 1. The monoisotopic (exact) mass is 301 g/mol. The Morgan fingerprint density at radius 3 is 2.86 bits per heavy atom. The number of hydrogen-bond donors (Lipinski definition) is 1. The Balaban J connectivity index is 2.11. The van der Waals surface area contributed by atoms with Crippen LogP contribution in [0.4, 0.5) is 0 Å². The minimum atomic E-state index is -0.869. The molecule has 5 nitrogen and oxygen atoms in total. The predicted octanol–water partition coefficient (Wildman–Crippen LogP) is 3.47. The van der Waals surface area contributed by atoms with Crippen molar-refractivity contribution in [3.05, 3.63) is 46.8 Å². The second kappa shape index (κ2) is 5.16. The van der Waals surface area contributed by atoms with Gasteiger partial charge in [-0.25, -0.2) is 0 Å². The topological polar surface area (TPSA) is 72.6 Å². The minimum Gasteiger partial charge on any atom is -0.488 e. The molecular formula is C17H19NO4. The molecule has 0 saturated carbocycles. The van der Waals surface area contributed by atoms with E-state index in [-0.39, 0.29) is 17.8 Å². The van der Waals surface area contributed by atoms with Gasteiger partial charge in [-0.3, -0.25) is 4.79 Å². The summed E-state index contributed by atoms with van der Waals surface area (Å²) in [7, 11) is 0. The lowest BCUT2D eigenvalue weighted by Gasteiger charge is -2.22. The molecule has 0 amide bonds. The summed E-state index contributed by atoms with van der Waals surface area (Å²) in [4.78, 5) is 11.2. The molecule has 1 aliphatic rings. The minimum absolute atomic E-state index is 0.00273. The molecule has 0 aliphatic carbocycles. The first kappa shape index (κ1) is 14.6. The van der Waals surface area contributed by atoms with Gasteiger partial charge in [-0.2, -0.15) is 0 Å². The Kier molecular flexibility index (Phi) is 3.43. The summed E-state index contributed by atoms with van der Waals surface area (Å²) in [5.74, 6) is -0.485. The number of hydrogen-bond acceptors (Lipinski definition) is 4. The Hall–Kier alpha value is -2.30. The van der Waals surface area contributed by atoms with Gasteiger partial charge < -0.3 is 14.4 Å². The van der Waals surface area contributed by atoms with Crippen molar-refractivity contribution in [2.24, 2.45) is 0 Å². The maximum Gasteiger partial charge on any atom is 0.304 e. The highest BCUT2D eigenvalue weighted by Crippen LogP contribution is 2.40. The fraction of sp³-hybridized carbons (Fsp3) is 0.412. The highest BCUT2D eigenvalue weighted by Gasteiger charge is 2.30. The van der Waals surface area contributed by atoms with Crippen molar-refractivity contribution in [3.8, 4) is 5.75 Å². The number of carbonyl (C=O) groups is 1. The normalized spacial score (nSPS) is 17.1. The molecule has 1 unspecified atom stereocenters. The third-order valence-electron chi connectivity index (χ3n) is 4.02. The maximum atomic E-state index is 11.2. The van der Waals surface area contributed by atoms with Gasteiger partial charge in [0.15, 0.2) is 0 Å². The molecule has 0 spiro atoms. The quantitative estimate of drug-likeness (QED) is 0.919. The van der Waals surface area contributed by atoms with E-state index in [1.165, 1.54) is 6.26 Å². The van der Waals surface area contributed by atoms with Crippen LogP contribution in [-0.2, 0) is 16.8 Å². The lowest BCUT2D eigenvalue weighted by molar-refractivity contribution is -0.137. The summed E-state index contributed by atoms with van der Waals surface area (Å²) < 4.78 is 10.9. The maximum absolute atomic E-state index is 11.2. The van der Waals surface area contributed by atoms with Crippen molar-refractivity contribution < 1.29 is 19.2 Å². The van der Waals surface area contributed by atoms with E-state index in [4.69, 9.17) is 9.26 Å². The van der Waals surface area contributed by atoms with Gasteiger partial charge in [-0.15, -0.1) is 0 Å². The van der Waals surface area contributed by atoms with Crippen LogP contribution in [0.1, 0.15) is 55.5 Å². The Morgan fingerprint density at radius 2 is 2.18 bits per heavy atom. The Bertz CT molecular complexity index is 712. The average Bonchev–Trinajstić information content (AvgIpc) is 2.84. The third-order valence-corrected chi connectivity index (χ3v) is 4.02. The molecule has 2 heterocycles. The Morgan fingerprint density at radius 1 is 1.41 bits per heavy atom. The van der Waals surface area contributed by atoms with E-state index in [1.807, 2.05) is 18.2 Å². The number of aromatic nitrogens is 1. The van der Waals surface area contributed by atoms with Gasteiger partial charge >= 0.3 is 5.97 Å². The number of carboxylic acid groups (broad SMARTS) is 1. The fourth-order valence-electron chi connectivity index (χ4n) is 2.76. The second-order valence-electron chi connectivity index (χ2n) is 6.67.